The highest BCUT2D eigenvalue weighted by Gasteiger charge is 2.19. The third-order valence-corrected chi connectivity index (χ3v) is 11.8. The van der Waals surface area contributed by atoms with Gasteiger partial charge in [-0.3, -0.25) is 0 Å². The van der Waals surface area contributed by atoms with Crippen molar-refractivity contribution in [3.05, 3.63) is 231 Å². The molecular weight excluding hydrogens is 697 g/mol. The van der Waals surface area contributed by atoms with Crippen molar-refractivity contribution in [2.75, 3.05) is 0 Å². The molecule has 0 heterocycles. The quantitative estimate of drug-likeness (QED) is 0.149. The standard InChI is InChI=1S/C58H38/c1-3-11-39(12-4-1)43-19-21-45(22-20-43)51-32-34-54-55(38-51)57(46-27-23-44(24-28-46)49-29-25-41-15-7-9-17-47(41)35-49)53-33-31-50(40-13-5-2-6-14-40)37-56(53)58(54)52-30-26-42-16-8-10-18-48(42)36-52/h1-38H. The molecule has 11 rings (SSSR count). The van der Waals surface area contributed by atoms with Crippen LogP contribution in [0.5, 0.6) is 0 Å². The van der Waals surface area contributed by atoms with Gasteiger partial charge in [0, 0.05) is 0 Å². The zero-order valence-corrected chi connectivity index (χ0v) is 31.9. The van der Waals surface area contributed by atoms with Gasteiger partial charge in [0.2, 0.25) is 0 Å². The lowest BCUT2D eigenvalue weighted by atomic mass is 9.83. The Labute approximate surface area is 339 Å². The molecule has 0 aromatic heterocycles. The van der Waals surface area contributed by atoms with E-state index < -0.39 is 0 Å². The Balaban J connectivity index is 1.16. The minimum Gasteiger partial charge on any atom is -0.0622 e. The molecule has 0 aliphatic rings. The van der Waals surface area contributed by atoms with Crippen molar-refractivity contribution in [1.82, 2.24) is 0 Å². The van der Waals surface area contributed by atoms with Gasteiger partial charge in [-0.25, -0.2) is 0 Å². The Morgan fingerprint density at radius 3 is 0.983 bits per heavy atom. The van der Waals surface area contributed by atoms with Crippen LogP contribution in [0.4, 0.5) is 0 Å². The smallest absolute Gasteiger partial charge is 0.00259 e. The molecule has 0 nitrogen and oxygen atoms in total. The fourth-order valence-corrected chi connectivity index (χ4v) is 8.87. The number of fused-ring (bicyclic) bond motifs is 4. The fourth-order valence-electron chi connectivity index (χ4n) is 8.87. The summed E-state index contributed by atoms with van der Waals surface area (Å²) < 4.78 is 0. The van der Waals surface area contributed by atoms with E-state index in [0.29, 0.717) is 0 Å². The molecule has 58 heavy (non-hydrogen) atoms. The van der Waals surface area contributed by atoms with E-state index in [4.69, 9.17) is 0 Å². The molecule has 0 aliphatic heterocycles. The van der Waals surface area contributed by atoms with Crippen molar-refractivity contribution in [2.24, 2.45) is 0 Å². The summed E-state index contributed by atoms with van der Waals surface area (Å²) in [7, 11) is 0. The van der Waals surface area contributed by atoms with Crippen molar-refractivity contribution in [3.8, 4) is 66.8 Å². The maximum absolute atomic E-state index is 2.43. The molecule has 0 aliphatic carbocycles. The predicted molar refractivity (Wildman–Crippen MR) is 249 cm³/mol. The maximum Gasteiger partial charge on any atom is -0.00259 e. The van der Waals surface area contributed by atoms with Crippen molar-refractivity contribution in [2.45, 2.75) is 0 Å². The van der Waals surface area contributed by atoms with E-state index in [2.05, 4.69) is 231 Å². The first-order valence-electron chi connectivity index (χ1n) is 20.1. The van der Waals surface area contributed by atoms with E-state index in [1.807, 2.05) is 0 Å². The summed E-state index contributed by atoms with van der Waals surface area (Å²) in [6.07, 6.45) is 0. The molecule has 0 heteroatoms. The topological polar surface area (TPSA) is 0 Å². The van der Waals surface area contributed by atoms with Crippen molar-refractivity contribution >= 4 is 43.1 Å². The highest BCUT2D eigenvalue weighted by Crippen LogP contribution is 2.47. The molecular formula is C58H38. The second-order valence-electron chi connectivity index (χ2n) is 15.3. The number of hydrogen-bond donors (Lipinski definition) is 0. The molecule has 0 saturated heterocycles. The average molecular weight is 735 g/mol. The Morgan fingerprint density at radius 1 is 0.155 bits per heavy atom. The lowest BCUT2D eigenvalue weighted by Gasteiger charge is -2.20. The second kappa shape index (κ2) is 14.2. The molecule has 0 unspecified atom stereocenters. The SMILES string of the molecule is c1ccc(-c2ccc(-c3ccc4c(-c5ccc6ccccc6c5)c5cc(-c6ccccc6)ccc5c(-c5ccc(-c6ccc7ccccc7c6)cc5)c4c3)cc2)cc1. The van der Waals surface area contributed by atoms with Gasteiger partial charge < -0.3 is 0 Å². The van der Waals surface area contributed by atoms with Crippen LogP contribution < -0.4 is 0 Å². The first-order valence-corrected chi connectivity index (χ1v) is 20.1. The monoisotopic (exact) mass is 734 g/mol. The molecule has 11 aromatic rings. The summed E-state index contributed by atoms with van der Waals surface area (Å²) >= 11 is 0. The lowest BCUT2D eigenvalue weighted by Crippen LogP contribution is -1.93. The Morgan fingerprint density at radius 2 is 0.466 bits per heavy atom. The zero-order valence-electron chi connectivity index (χ0n) is 31.9. The van der Waals surface area contributed by atoms with Crippen LogP contribution in [0.25, 0.3) is 110 Å². The number of rotatable bonds is 6. The van der Waals surface area contributed by atoms with E-state index in [1.54, 1.807) is 0 Å². The van der Waals surface area contributed by atoms with Gasteiger partial charge in [0.25, 0.3) is 0 Å². The van der Waals surface area contributed by atoms with Crippen molar-refractivity contribution in [3.63, 3.8) is 0 Å². The fraction of sp³-hybridized carbons (Fsp3) is 0. The summed E-state index contributed by atoms with van der Waals surface area (Å²) in [6.45, 7) is 0. The summed E-state index contributed by atoms with van der Waals surface area (Å²) in [4.78, 5) is 0. The first kappa shape index (κ1) is 33.8. The van der Waals surface area contributed by atoms with Crippen LogP contribution in [-0.4, -0.2) is 0 Å². The van der Waals surface area contributed by atoms with Crippen LogP contribution in [0.15, 0.2) is 231 Å². The van der Waals surface area contributed by atoms with Crippen LogP contribution in [0, 0.1) is 0 Å². The van der Waals surface area contributed by atoms with Crippen molar-refractivity contribution < 1.29 is 0 Å². The van der Waals surface area contributed by atoms with Gasteiger partial charge in [-0.1, -0.05) is 206 Å². The highest BCUT2D eigenvalue weighted by molar-refractivity contribution is 6.23. The highest BCUT2D eigenvalue weighted by atomic mass is 14.2. The average Bonchev–Trinajstić information content (AvgIpc) is 3.31. The summed E-state index contributed by atoms with van der Waals surface area (Å²) in [6, 6.07) is 84.7. The van der Waals surface area contributed by atoms with Gasteiger partial charge in [-0.15, -0.1) is 0 Å². The summed E-state index contributed by atoms with van der Waals surface area (Å²) in [5.74, 6) is 0. The molecule has 0 spiro atoms. The van der Waals surface area contributed by atoms with Crippen LogP contribution in [-0.2, 0) is 0 Å². The van der Waals surface area contributed by atoms with E-state index in [-0.39, 0.29) is 0 Å². The van der Waals surface area contributed by atoms with Gasteiger partial charge >= 0.3 is 0 Å². The minimum absolute atomic E-state index is 1.20. The molecule has 0 amide bonds. The minimum atomic E-state index is 1.20. The van der Waals surface area contributed by atoms with Crippen LogP contribution in [0.1, 0.15) is 0 Å². The summed E-state index contributed by atoms with van der Waals surface area (Å²) in [5.41, 5.74) is 14.6. The molecule has 270 valence electrons. The van der Waals surface area contributed by atoms with Gasteiger partial charge in [0.05, 0.1) is 0 Å². The van der Waals surface area contributed by atoms with Crippen LogP contribution >= 0.6 is 0 Å². The van der Waals surface area contributed by atoms with E-state index in [9.17, 15) is 0 Å². The molecule has 0 radical (unpaired) electrons. The molecule has 11 aromatic carbocycles. The normalized spacial score (nSPS) is 11.4. The number of benzene rings is 11. The Hall–Kier alpha value is -7.54. The number of hydrogen-bond acceptors (Lipinski definition) is 0. The van der Waals surface area contributed by atoms with E-state index >= 15 is 0 Å². The van der Waals surface area contributed by atoms with Crippen molar-refractivity contribution in [1.29, 1.82) is 0 Å². The van der Waals surface area contributed by atoms with Crippen LogP contribution in [0.2, 0.25) is 0 Å². The maximum atomic E-state index is 2.43. The molecule has 0 atom stereocenters. The van der Waals surface area contributed by atoms with E-state index in [0.717, 1.165) is 0 Å². The Bertz CT molecular complexity index is 3280. The van der Waals surface area contributed by atoms with Gasteiger partial charge in [0.15, 0.2) is 0 Å². The third-order valence-electron chi connectivity index (χ3n) is 11.8. The van der Waals surface area contributed by atoms with Gasteiger partial charge in [0.1, 0.15) is 0 Å². The molecule has 0 saturated carbocycles. The largest absolute Gasteiger partial charge is 0.0622 e. The molecule has 0 N–H and O–H groups in total. The van der Waals surface area contributed by atoms with Gasteiger partial charge in [-0.05, 0) is 134 Å². The van der Waals surface area contributed by atoms with Crippen LogP contribution in [0.3, 0.4) is 0 Å². The molecule has 0 bridgehead atoms. The lowest BCUT2D eigenvalue weighted by molar-refractivity contribution is 1.60. The second-order valence-corrected chi connectivity index (χ2v) is 15.3. The predicted octanol–water partition coefficient (Wildman–Crippen LogP) is 16.3. The van der Waals surface area contributed by atoms with Gasteiger partial charge in [-0.2, -0.15) is 0 Å². The third kappa shape index (κ3) is 6.04. The molecule has 0 fully saturated rings. The van der Waals surface area contributed by atoms with E-state index in [1.165, 1.54) is 110 Å². The zero-order chi connectivity index (χ0) is 38.4. The Kier molecular flexibility index (Phi) is 8.26. The first-order chi connectivity index (χ1) is 28.7. The summed E-state index contributed by atoms with van der Waals surface area (Å²) in [5, 5.41) is 9.97.